The lowest BCUT2D eigenvalue weighted by atomic mass is 10.2. The molecule has 5 heteroatoms. The molecular weight excluding hydrogens is 244 g/mol. The summed E-state index contributed by atoms with van der Waals surface area (Å²) in [6.07, 6.45) is 2.92. The predicted molar refractivity (Wildman–Crippen MR) is 72.8 cm³/mol. The van der Waals surface area contributed by atoms with Gasteiger partial charge >= 0.3 is 0 Å². The normalized spacial score (nSPS) is 13.7. The fraction of sp³-hybridized carbons (Fsp3) is 0.571. The van der Waals surface area contributed by atoms with Gasteiger partial charge in [-0.25, -0.2) is 0 Å². The highest BCUT2D eigenvalue weighted by atomic mass is 16.5. The van der Waals surface area contributed by atoms with Crippen molar-refractivity contribution < 1.29 is 14.6 Å². The Bertz CT molecular complexity index is 392. The molecule has 0 spiro atoms. The molecule has 2 atom stereocenters. The number of aliphatic hydroxyl groups excluding tert-OH is 1. The SMILES string of the molecule is CCCC(C)NC(=O)C(C)Oc1ccc(CO)nc1. The summed E-state index contributed by atoms with van der Waals surface area (Å²) in [5.41, 5.74) is 0.570. The number of nitrogens with zero attached hydrogens (tertiary/aromatic N) is 1. The Morgan fingerprint density at radius 2 is 2.21 bits per heavy atom. The molecule has 0 fully saturated rings. The number of carbonyl (C=O) groups excluding carboxylic acids is 1. The van der Waals surface area contributed by atoms with E-state index in [1.165, 1.54) is 6.20 Å². The third-order valence-electron chi connectivity index (χ3n) is 2.75. The first-order chi connectivity index (χ1) is 9.06. The zero-order valence-electron chi connectivity index (χ0n) is 11.7. The molecule has 2 N–H and O–H groups in total. The molecule has 0 saturated carbocycles. The highest BCUT2D eigenvalue weighted by Gasteiger charge is 2.16. The second kappa shape index (κ2) is 7.74. The van der Waals surface area contributed by atoms with E-state index in [2.05, 4.69) is 17.2 Å². The monoisotopic (exact) mass is 266 g/mol. The van der Waals surface area contributed by atoms with Crippen LogP contribution in [0.5, 0.6) is 5.75 Å². The molecule has 0 radical (unpaired) electrons. The molecule has 1 amide bonds. The van der Waals surface area contributed by atoms with Crippen LogP contribution >= 0.6 is 0 Å². The first-order valence-electron chi connectivity index (χ1n) is 6.59. The molecule has 0 aliphatic heterocycles. The Morgan fingerprint density at radius 3 is 2.74 bits per heavy atom. The lowest BCUT2D eigenvalue weighted by Crippen LogP contribution is -2.41. The van der Waals surface area contributed by atoms with Gasteiger partial charge in [0.25, 0.3) is 5.91 Å². The fourth-order valence-corrected chi connectivity index (χ4v) is 1.70. The van der Waals surface area contributed by atoms with E-state index in [1.54, 1.807) is 19.1 Å². The van der Waals surface area contributed by atoms with E-state index in [0.29, 0.717) is 11.4 Å². The van der Waals surface area contributed by atoms with Gasteiger partial charge < -0.3 is 15.2 Å². The summed E-state index contributed by atoms with van der Waals surface area (Å²) in [5, 5.41) is 11.8. The van der Waals surface area contributed by atoms with Crippen LogP contribution in [0, 0.1) is 0 Å². The van der Waals surface area contributed by atoms with Crippen molar-refractivity contribution in [2.75, 3.05) is 0 Å². The highest BCUT2D eigenvalue weighted by Crippen LogP contribution is 2.11. The largest absolute Gasteiger partial charge is 0.479 e. The van der Waals surface area contributed by atoms with Crippen molar-refractivity contribution in [1.29, 1.82) is 0 Å². The van der Waals surface area contributed by atoms with Crippen LogP contribution in [0.2, 0.25) is 0 Å². The van der Waals surface area contributed by atoms with Gasteiger partial charge in [0, 0.05) is 6.04 Å². The number of aliphatic hydroxyl groups is 1. The van der Waals surface area contributed by atoms with Crippen molar-refractivity contribution in [3.63, 3.8) is 0 Å². The van der Waals surface area contributed by atoms with E-state index < -0.39 is 6.10 Å². The number of nitrogens with one attached hydrogen (secondary N) is 1. The fourth-order valence-electron chi connectivity index (χ4n) is 1.70. The number of rotatable bonds is 7. The smallest absolute Gasteiger partial charge is 0.260 e. The van der Waals surface area contributed by atoms with Crippen LogP contribution in [-0.2, 0) is 11.4 Å². The third kappa shape index (κ3) is 5.26. The van der Waals surface area contributed by atoms with E-state index >= 15 is 0 Å². The quantitative estimate of drug-likeness (QED) is 0.787. The van der Waals surface area contributed by atoms with Gasteiger partial charge in [-0.1, -0.05) is 13.3 Å². The van der Waals surface area contributed by atoms with Gasteiger partial charge in [0.1, 0.15) is 5.75 Å². The number of hydrogen-bond acceptors (Lipinski definition) is 4. The Hall–Kier alpha value is -1.62. The van der Waals surface area contributed by atoms with Crippen molar-refractivity contribution in [2.24, 2.45) is 0 Å². The number of pyridine rings is 1. The number of hydrogen-bond donors (Lipinski definition) is 2. The van der Waals surface area contributed by atoms with E-state index in [4.69, 9.17) is 9.84 Å². The molecule has 1 aromatic rings. The van der Waals surface area contributed by atoms with Crippen LogP contribution < -0.4 is 10.1 Å². The van der Waals surface area contributed by atoms with Crippen LogP contribution in [0.4, 0.5) is 0 Å². The lowest BCUT2D eigenvalue weighted by molar-refractivity contribution is -0.127. The summed E-state index contributed by atoms with van der Waals surface area (Å²) in [4.78, 5) is 15.9. The van der Waals surface area contributed by atoms with Crippen molar-refractivity contribution in [3.8, 4) is 5.75 Å². The van der Waals surface area contributed by atoms with Gasteiger partial charge in [-0.05, 0) is 32.4 Å². The van der Waals surface area contributed by atoms with E-state index in [9.17, 15) is 4.79 Å². The molecular formula is C14H22N2O3. The molecule has 0 bridgehead atoms. The zero-order chi connectivity index (χ0) is 14.3. The average molecular weight is 266 g/mol. The molecule has 1 heterocycles. The Morgan fingerprint density at radius 1 is 1.47 bits per heavy atom. The number of carbonyl (C=O) groups is 1. The van der Waals surface area contributed by atoms with Gasteiger partial charge in [0.2, 0.25) is 0 Å². The molecule has 0 aliphatic carbocycles. The minimum absolute atomic E-state index is 0.106. The summed E-state index contributed by atoms with van der Waals surface area (Å²) in [5.74, 6) is 0.384. The maximum absolute atomic E-state index is 11.9. The molecule has 2 unspecified atom stereocenters. The van der Waals surface area contributed by atoms with Crippen LogP contribution in [0.3, 0.4) is 0 Å². The standard InChI is InChI=1S/C14H22N2O3/c1-4-5-10(2)16-14(18)11(3)19-13-7-6-12(9-17)15-8-13/h6-8,10-11,17H,4-5,9H2,1-3H3,(H,16,18). The Labute approximate surface area is 114 Å². The zero-order valence-corrected chi connectivity index (χ0v) is 11.7. The Balaban J connectivity index is 2.48. The lowest BCUT2D eigenvalue weighted by Gasteiger charge is -2.18. The van der Waals surface area contributed by atoms with Crippen molar-refractivity contribution >= 4 is 5.91 Å². The summed E-state index contributed by atoms with van der Waals surface area (Å²) in [6, 6.07) is 3.51. The van der Waals surface area contributed by atoms with Crippen molar-refractivity contribution in [1.82, 2.24) is 10.3 Å². The predicted octanol–water partition coefficient (Wildman–Crippen LogP) is 1.65. The topological polar surface area (TPSA) is 71.5 Å². The molecule has 106 valence electrons. The van der Waals surface area contributed by atoms with Gasteiger partial charge in [-0.3, -0.25) is 9.78 Å². The molecule has 1 rings (SSSR count). The maximum atomic E-state index is 11.9. The van der Waals surface area contributed by atoms with Gasteiger partial charge in [0.05, 0.1) is 18.5 Å². The van der Waals surface area contributed by atoms with E-state index in [1.807, 2.05) is 6.92 Å². The van der Waals surface area contributed by atoms with Crippen molar-refractivity contribution in [3.05, 3.63) is 24.0 Å². The second-order valence-electron chi connectivity index (χ2n) is 4.60. The van der Waals surface area contributed by atoms with Crippen molar-refractivity contribution in [2.45, 2.75) is 52.4 Å². The minimum atomic E-state index is -0.568. The number of amides is 1. The average Bonchev–Trinajstić information content (AvgIpc) is 2.39. The summed E-state index contributed by atoms with van der Waals surface area (Å²) in [6.45, 7) is 5.65. The minimum Gasteiger partial charge on any atom is -0.479 e. The van der Waals surface area contributed by atoms with Gasteiger partial charge in [-0.15, -0.1) is 0 Å². The number of aromatic nitrogens is 1. The van der Waals surface area contributed by atoms with Crippen LogP contribution in [0.25, 0.3) is 0 Å². The van der Waals surface area contributed by atoms with Gasteiger partial charge in [0.15, 0.2) is 6.10 Å². The van der Waals surface area contributed by atoms with Gasteiger partial charge in [-0.2, -0.15) is 0 Å². The third-order valence-corrected chi connectivity index (χ3v) is 2.75. The molecule has 1 aromatic heterocycles. The first kappa shape index (κ1) is 15.4. The molecule has 5 nitrogen and oxygen atoms in total. The first-order valence-corrected chi connectivity index (χ1v) is 6.59. The van der Waals surface area contributed by atoms with E-state index in [0.717, 1.165) is 12.8 Å². The van der Waals surface area contributed by atoms with Crippen LogP contribution in [0.15, 0.2) is 18.3 Å². The summed E-state index contributed by atoms with van der Waals surface area (Å²) < 4.78 is 5.50. The highest BCUT2D eigenvalue weighted by molar-refractivity contribution is 5.80. The van der Waals surface area contributed by atoms with E-state index in [-0.39, 0.29) is 18.6 Å². The van der Waals surface area contributed by atoms with Crippen LogP contribution in [0.1, 0.15) is 39.3 Å². The molecule has 19 heavy (non-hydrogen) atoms. The summed E-state index contributed by atoms with van der Waals surface area (Å²) in [7, 11) is 0. The van der Waals surface area contributed by atoms with Crippen LogP contribution in [-0.4, -0.2) is 28.1 Å². The molecule has 0 saturated heterocycles. The molecule has 0 aromatic carbocycles. The Kier molecular flexibility index (Phi) is 6.29. The second-order valence-corrected chi connectivity index (χ2v) is 4.60. The summed E-state index contributed by atoms with van der Waals surface area (Å²) >= 11 is 0. The maximum Gasteiger partial charge on any atom is 0.260 e. The molecule has 0 aliphatic rings. The number of ether oxygens (including phenoxy) is 1.